The first-order chi connectivity index (χ1) is 7.62. The summed E-state index contributed by atoms with van der Waals surface area (Å²) in [5, 5.41) is 4.85. The molecule has 0 aromatic carbocycles. The van der Waals surface area contributed by atoms with E-state index in [9.17, 15) is 0 Å². The maximum atomic E-state index is 4.60. The summed E-state index contributed by atoms with van der Waals surface area (Å²) in [6.45, 7) is 8.60. The van der Waals surface area contributed by atoms with Crippen molar-refractivity contribution in [2.45, 2.75) is 50.8 Å². The van der Waals surface area contributed by atoms with E-state index in [0.717, 1.165) is 35.1 Å². The monoisotopic (exact) mass is 239 g/mol. The molecule has 1 aromatic heterocycles. The molecule has 1 heterocycles. The second-order valence-corrected chi connectivity index (χ2v) is 5.29. The van der Waals surface area contributed by atoms with E-state index in [0.29, 0.717) is 5.25 Å². The van der Waals surface area contributed by atoms with E-state index < -0.39 is 0 Å². The van der Waals surface area contributed by atoms with Crippen LogP contribution in [0.1, 0.15) is 38.6 Å². The van der Waals surface area contributed by atoms with Crippen LogP contribution in [-0.4, -0.2) is 22.3 Å². The first-order valence-corrected chi connectivity index (χ1v) is 6.72. The highest BCUT2D eigenvalue weighted by Crippen LogP contribution is 2.29. The zero-order valence-electron chi connectivity index (χ0n) is 10.8. The largest absolute Gasteiger partial charge is 0.373 e. The fourth-order valence-electron chi connectivity index (χ4n) is 1.33. The number of rotatable bonds is 5. The lowest BCUT2D eigenvalue weighted by Crippen LogP contribution is -2.05. The number of anilines is 1. The van der Waals surface area contributed by atoms with Gasteiger partial charge in [-0.05, 0) is 13.3 Å². The Morgan fingerprint density at radius 1 is 1.31 bits per heavy atom. The van der Waals surface area contributed by atoms with E-state index in [1.807, 2.05) is 18.8 Å². The second kappa shape index (κ2) is 6.09. The zero-order chi connectivity index (χ0) is 12.1. The Kier molecular flexibility index (Phi) is 5.06. The van der Waals surface area contributed by atoms with Gasteiger partial charge in [0.2, 0.25) is 0 Å². The molecule has 1 unspecified atom stereocenters. The van der Waals surface area contributed by atoms with Crippen molar-refractivity contribution < 1.29 is 0 Å². The summed E-state index contributed by atoms with van der Waals surface area (Å²) in [6.07, 6.45) is 2.04. The Morgan fingerprint density at radius 2 is 2.00 bits per heavy atom. The van der Waals surface area contributed by atoms with Gasteiger partial charge in [-0.15, -0.1) is 11.8 Å². The van der Waals surface area contributed by atoms with Gasteiger partial charge in [0.1, 0.15) is 16.7 Å². The van der Waals surface area contributed by atoms with Crippen molar-refractivity contribution in [2.24, 2.45) is 0 Å². The topological polar surface area (TPSA) is 37.8 Å². The molecule has 1 atom stereocenters. The van der Waals surface area contributed by atoms with Gasteiger partial charge >= 0.3 is 0 Å². The van der Waals surface area contributed by atoms with Crippen molar-refractivity contribution in [2.75, 3.05) is 12.4 Å². The van der Waals surface area contributed by atoms with Gasteiger partial charge in [0.25, 0.3) is 0 Å². The highest BCUT2D eigenvalue weighted by atomic mass is 32.2. The highest BCUT2D eigenvalue weighted by Gasteiger charge is 2.12. The Labute approximate surface area is 102 Å². The predicted molar refractivity (Wildman–Crippen MR) is 71.3 cm³/mol. The summed E-state index contributed by atoms with van der Waals surface area (Å²) < 4.78 is 0. The number of hydrogen-bond donors (Lipinski definition) is 1. The molecule has 0 spiro atoms. The number of hydrogen-bond acceptors (Lipinski definition) is 4. The van der Waals surface area contributed by atoms with E-state index in [4.69, 9.17) is 0 Å². The fraction of sp³-hybridized carbons (Fsp3) is 0.667. The summed E-state index contributed by atoms with van der Waals surface area (Å²) in [5.74, 6) is 1.87. The third kappa shape index (κ3) is 3.11. The number of nitrogens with zero attached hydrogens (tertiary/aromatic N) is 2. The molecular formula is C12H21N3S. The summed E-state index contributed by atoms with van der Waals surface area (Å²) in [5.41, 5.74) is 1.16. The third-order valence-corrected chi connectivity index (χ3v) is 3.94. The van der Waals surface area contributed by atoms with Gasteiger partial charge in [0, 0.05) is 24.3 Å². The average molecular weight is 239 g/mol. The minimum Gasteiger partial charge on any atom is -0.373 e. The minimum absolute atomic E-state index is 0.600. The van der Waals surface area contributed by atoms with Crippen LogP contribution in [0.15, 0.2) is 5.03 Å². The molecular weight excluding hydrogens is 218 g/mol. The van der Waals surface area contributed by atoms with E-state index in [1.54, 1.807) is 0 Å². The van der Waals surface area contributed by atoms with Crippen LogP contribution >= 0.6 is 11.8 Å². The quantitative estimate of drug-likeness (QED) is 0.632. The fourth-order valence-corrected chi connectivity index (χ4v) is 2.31. The van der Waals surface area contributed by atoms with Gasteiger partial charge < -0.3 is 5.32 Å². The van der Waals surface area contributed by atoms with Gasteiger partial charge in [-0.1, -0.05) is 20.8 Å². The maximum Gasteiger partial charge on any atom is 0.133 e. The Hall–Kier alpha value is -0.770. The third-order valence-electron chi connectivity index (χ3n) is 2.59. The smallest absolute Gasteiger partial charge is 0.133 e. The van der Waals surface area contributed by atoms with Gasteiger partial charge in [-0.25, -0.2) is 9.97 Å². The molecule has 1 rings (SSSR count). The van der Waals surface area contributed by atoms with Crippen LogP contribution in [0.4, 0.5) is 5.82 Å². The molecule has 0 bridgehead atoms. The van der Waals surface area contributed by atoms with Crippen molar-refractivity contribution in [1.82, 2.24) is 9.97 Å². The molecule has 16 heavy (non-hydrogen) atoms. The predicted octanol–water partition coefficient (Wildman–Crippen LogP) is 3.28. The maximum absolute atomic E-state index is 4.60. The number of aromatic nitrogens is 2. The van der Waals surface area contributed by atoms with E-state index in [1.165, 1.54) is 0 Å². The van der Waals surface area contributed by atoms with Gasteiger partial charge in [0.05, 0.1) is 0 Å². The number of nitrogens with one attached hydrogen (secondary N) is 1. The first-order valence-electron chi connectivity index (χ1n) is 5.84. The van der Waals surface area contributed by atoms with E-state index in [-0.39, 0.29) is 0 Å². The first kappa shape index (κ1) is 13.3. The average Bonchev–Trinajstić information content (AvgIpc) is 2.31. The van der Waals surface area contributed by atoms with Crippen LogP contribution in [0.3, 0.4) is 0 Å². The van der Waals surface area contributed by atoms with E-state index in [2.05, 4.69) is 43.0 Å². The van der Waals surface area contributed by atoms with Crippen LogP contribution in [0.5, 0.6) is 0 Å². The lowest BCUT2D eigenvalue weighted by molar-refractivity contribution is 0.859. The van der Waals surface area contributed by atoms with Crippen LogP contribution in [0, 0.1) is 6.92 Å². The molecule has 3 nitrogen and oxygen atoms in total. The number of aryl methyl sites for hydroxylation is 1. The molecule has 0 fully saturated rings. The van der Waals surface area contributed by atoms with Crippen molar-refractivity contribution >= 4 is 17.6 Å². The van der Waals surface area contributed by atoms with Gasteiger partial charge in [-0.3, -0.25) is 0 Å². The standard InChI is InChI=1S/C12H21N3S/c1-6-8(3)16-12-9(4)11(13-5)14-10(7-2)15-12/h8H,6-7H2,1-5H3,(H,13,14,15). The van der Waals surface area contributed by atoms with Gasteiger partial charge in [-0.2, -0.15) is 0 Å². The Bertz CT molecular complexity index is 352. The zero-order valence-corrected chi connectivity index (χ0v) is 11.6. The molecule has 0 radical (unpaired) electrons. The second-order valence-electron chi connectivity index (χ2n) is 3.86. The lowest BCUT2D eigenvalue weighted by atomic mass is 10.3. The summed E-state index contributed by atoms with van der Waals surface area (Å²) in [4.78, 5) is 9.07. The van der Waals surface area contributed by atoms with E-state index >= 15 is 0 Å². The highest BCUT2D eigenvalue weighted by molar-refractivity contribution is 7.99. The molecule has 0 aliphatic heterocycles. The van der Waals surface area contributed by atoms with Crippen LogP contribution < -0.4 is 5.32 Å². The minimum atomic E-state index is 0.600. The van der Waals surface area contributed by atoms with Crippen LogP contribution in [0.25, 0.3) is 0 Å². The van der Waals surface area contributed by atoms with Crippen molar-refractivity contribution in [3.63, 3.8) is 0 Å². The molecule has 1 N–H and O–H groups in total. The Balaban J connectivity index is 3.05. The summed E-state index contributed by atoms with van der Waals surface area (Å²) in [6, 6.07) is 0. The molecule has 90 valence electrons. The van der Waals surface area contributed by atoms with Crippen molar-refractivity contribution in [1.29, 1.82) is 0 Å². The SMILES string of the molecule is CCc1nc(NC)c(C)c(SC(C)CC)n1. The molecule has 0 amide bonds. The molecule has 0 saturated heterocycles. The van der Waals surface area contributed by atoms with Crippen molar-refractivity contribution in [3.8, 4) is 0 Å². The molecule has 1 aromatic rings. The lowest BCUT2D eigenvalue weighted by Gasteiger charge is -2.13. The molecule has 0 aliphatic rings. The molecule has 0 aliphatic carbocycles. The molecule has 0 saturated carbocycles. The van der Waals surface area contributed by atoms with Crippen LogP contribution in [0.2, 0.25) is 0 Å². The van der Waals surface area contributed by atoms with Crippen molar-refractivity contribution in [3.05, 3.63) is 11.4 Å². The summed E-state index contributed by atoms with van der Waals surface area (Å²) in [7, 11) is 1.91. The Morgan fingerprint density at radius 3 is 2.50 bits per heavy atom. The van der Waals surface area contributed by atoms with Crippen LogP contribution in [-0.2, 0) is 6.42 Å². The van der Waals surface area contributed by atoms with Gasteiger partial charge in [0.15, 0.2) is 0 Å². The summed E-state index contributed by atoms with van der Waals surface area (Å²) >= 11 is 1.84. The number of thioether (sulfide) groups is 1. The normalized spacial score (nSPS) is 12.6. The molecule has 4 heteroatoms.